The molecule has 1 N–H and O–H groups in total. The zero-order valence-corrected chi connectivity index (χ0v) is 12.7. The lowest BCUT2D eigenvalue weighted by Crippen LogP contribution is -2.38. The zero-order chi connectivity index (χ0) is 14.8. The quantitative estimate of drug-likeness (QED) is 0.912. The van der Waals surface area contributed by atoms with Gasteiger partial charge < -0.3 is 4.90 Å². The molecule has 0 saturated carbocycles. The standard InChI is InChI=1S/C13H17ClN2O3S/c1-10(17)16-7-6-12(8-16)15-20(18,19)9-11-4-2-3-5-13(11)14/h2-5,12,15H,6-9H2,1H3. The van der Waals surface area contributed by atoms with E-state index in [1.807, 2.05) is 0 Å². The molecule has 1 aromatic rings. The SMILES string of the molecule is CC(=O)N1CCC(NS(=O)(=O)Cc2ccccc2Cl)C1. The van der Waals surface area contributed by atoms with Crippen molar-refractivity contribution in [2.24, 2.45) is 0 Å². The van der Waals surface area contributed by atoms with Crippen LogP contribution in [0.2, 0.25) is 5.02 Å². The van der Waals surface area contributed by atoms with Gasteiger partial charge in [-0.3, -0.25) is 4.79 Å². The molecule has 0 aliphatic carbocycles. The van der Waals surface area contributed by atoms with Crippen molar-refractivity contribution in [3.8, 4) is 0 Å². The summed E-state index contributed by atoms with van der Waals surface area (Å²) in [7, 11) is -3.46. The molecule has 0 bridgehead atoms. The van der Waals surface area contributed by atoms with Crippen LogP contribution < -0.4 is 4.72 Å². The number of nitrogens with zero attached hydrogens (tertiary/aromatic N) is 1. The molecule has 1 atom stereocenters. The maximum atomic E-state index is 12.1. The Kier molecular flexibility index (Phi) is 4.67. The number of likely N-dealkylation sites (tertiary alicyclic amines) is 1. The highest BCUT2D eigenvalue weighted by Crippen LogP contribution is 2.18. The van der Waals surface area contributed by atoms with Gasteiger partial charge in [0.1, 0.15) is 0 Å². The normalized spacial score (nSPS) is 19.3. The Balaban J connectivity index is 1.99. The van der Waals surface area contributed by atoms with Crippen LogP contribution in [0.25, 0.3) is 0 Å². The second-order valence-corrected chi connectivity index (χ2v) is 7.08. The van der Waals surface area contributed by atoms with Crippen LogP contribution >= 0.6 is 11.6 Å². The van der Waals surface area contributed by atoms with Crippen LogP contribution in [0.1, 0.15) is 18.9 Å². The Hall–Kier alpha value is -1.11. The molecule has 110 valence electrons. The maximum Gasteiger partial charge on any atom is 0.219 e. The van der Waals surface area contributed by atoms with Crippen LogP contribution in [-0.2, 0) is 20.6 Å². The van der Waals surface area contributed by atoms with Gasteiger partial charge in [-0.2, -0.15) is 0 Å². The van der Waals surface area contributed by atoms with Gasteiger partial charge in [0.05, 0.1) is 5.75 Å². The molecule has 0 spiro atoms. The molecule has 1 fully saturated rings. The van der Waals surface area contributed by atoms with Gasteiger partial charge >= 0.3 is 0 Å². The molecular weight excluding hydrogens is 300 g/mol. The van der Waals surface area contributed by atoms with Gasteiger partial charge in [-0.1, -0.05) is 29.8 Å². The molecule has 0 radical (unpaired) electrons. The van der Waals surface area contributed by atoms with Crippen molar-refractivity contribution in [3.63, 3.8) is 0 Å². The molecule has 2 rings (SSSR count). The second kappa shape index (κ2) is 6.11. The highest BCUT2D eigenvalue weighted by molar-refractivity contribution is 7.88. The predicted octanol–water partition coefficient (Wildman–Crippen LogP) is 1.38. The number of rotatable bonds is 4. The monoisotopic (exact) mass is 316 g/mol. The number of hydrogen-bond acceptors (Lipinski definition) is 3. The molecule has 1 aromatic carbocycles. The minimum atomic E-state index is -3.46. The summed E-state index contributed by atoms with van der Waals surface area (Å²) in [6.45, 7) is 2.51. The third-order valence-corrected chi connectivity index (χ3v) is 5.04. The second-order valence-electron chi connectivity index (χ2n) is 4.92. The average molecular weight is 317 g/mol. The largest absolute Gasteiger partial charge is 0.341 e. The third kappa shape index (κ3) is 3.94. The molecule has 20 heavy (non-hydrogen) atoms. The fourth-order valence-corrected chi connectivity index (χ4v) is 3.98. The minimum absolute atomic E-state index is 0.0298. The van der Waals surface area contributed by atoms with E-state index in [4.69, 9.17) is 11.6 Å². The van der Waals surface area contributed by atoms with E-state index in [2.05, 4.69) is 4.72 Å². The number of benzene rings is 1. The van der Waals surface area contributed by atoms with Crippen LogP contribution in [0.3, 0.4) is 0 Å². The lowest BCUT2D eigenvalue weighted by molar-refractivity contribution is -0.127. The number of sulfonamides is 1. The fourth-order valence-electron chi connectivity index (χ4n) is 2.26. The molecule has 5 nitrogen and oxygen atoms in total. The molecule has 1 unspecified atom stereocenters. The summed E-state index contributed by atoms with van der Waals surface area (Å²) in [5.74, 6) is -0.179. The Morgan fingerprint density at radius 2 is 2.15 bits per heavy atom. The summed E-state index contributed by atoms with van der Waals surface area (Å²) in [5.41, 5.74) is 0.572. The van der Waals surface area contributed by atoms with E-state index in [0.29, 0.717) is 30.1 Å². The van der Waals surface area contributed by atoms with Crippen molar-refractivity contribution in [1.82, 2.24) is 9.62 Å². The van der Waals surface area contributed by atoms with Gasteiger partial charge in [-0.15, -0.1) is 0 Å². The highest BCUT2D eigenvalue weighted by Gasteiger charge is 2.27. The van der Waals surface area contributed by atoms with Crippen LogP contribution in [0.15, 0.2) is 24.3 Å². The minimum Gasteiger partial charge on any atom is -0.341 e. The number of carbonyl (C=O) groups is 1. The molecule has 1 aliphatic heterocycles. The highest BCUT2D eigenvalue weighted by atomic mass is 35.5. The van der Waals surface area contributed by atoms with Crippen molar-refractivity contribution in [2.45, 2.75) is 25.1 Å². The summed E-state index contributed by atoms with van der Waals surface area (Å²) < 4.78 is 26.9. The number of carbonyl (C=O) groups excluding carboxylic acids is 1. The molecule has 1 amide bonds. The van der Waals surface area contributed by atoms with Crippen LogP contribution in [-0.4, -0.2) is 38.4 Å². The number of halogens is 1. The summed E-state index contributed by atoms with van der Waals surface area (Å²) in [5, 5.41) is 0.439. The number of amides is 1. The van der Waals surface area contributed by atoms with Gasteiger partial charge in [0.15, 0.2) is 0 Å². The van der Waals surface area contributed by atoms with Gasteiger partial charge in [0, 0.05) is 31.1 Å². The van der Waals surface area contributed by atoms with E-state index in [1.165, 1.54) is 6.92 Å². The first-order chi connectivity index (χ1) is 9.37. The van der Waals surface area contributed by atoms with E-state index < -0.39 is 10.0 Å². The summed E-state index contributed by atoms with van der Waals surface area (Å²) in [6.07, 6.45) is 0.640. The number of nitrogens with one attached hydrogen (secondary N) is 1. The van der Waals surface area contributed by atoms with Gasteiger partial charge in [-0.25, -0.2) is 13.1 Å². The van der Waals surface area contributed by atoms with E-state index in [1.54, 1.807) is 29.2 Å². The lowest BCUT2D eigenvalue weighted by atomic mass is 10.2. The molecule has 7 heteroatoms. The van der Waals surface area contributed by atoms with Crippen molar-refractivity contribution in [1.29, 1.82) is 0 Å². The molecule has 1 aliphatic rings. The van der Waals surface area contributed by atoms with Crippen LogP contribution in [0.5, 0.6) is 0 Å². The van der Waals surface area contributed by atoms with Crippen molar-refractivity contribution in [2.75, 3.05) is 13.1 Å². The van der Waals surface area contributed by atoms with Gasteiger partial charge in [0.2, 0.25) is 15.9 Å². The fraction of sp³-hybridized carbons (Fsp3) is 0.462. The first kappa shape index (κ1) is 15.3. The summed E-state index contributed by atoms with van der Waals surface area (Å²) >= 11 is 5.97. The Bertz CT molecular complexity index is 603. The zero-order valence-electron chi connectivity index (χ0n) is 11.2. The van der Waals surface area contributed by atoms with Gasteiger partial charge in [-0.05, 0) is 18.1 Å². The molecule has 1 heterocycles. The van der Waals surface area contributed by atoms with Gasteiger partial charge in [0.25, 0.3) is 0 Å². The topological polar surface area (TPSA) is 66.5 Å². The summed E-state index contributed by atoms with van der Waals surface area (Å²) in [6, 6.07) is 6.65. The first-order valence-electron chi connectivity index (χ1n) is 6.36. The van der Waals surface area contributed by atoms with Crippen molar-refractivity contribution < 1.29 is 13.2 Å². The molecular formula is C13H17ClN2O3S. The van der Waals surface area contributed by atoms with Crippen LogP contribution in [0, 0.1) is 0 Å². The van der Waals surface area contributed by atoms with E-state index in [0.717, 1.165) is 0 Å². The van der Waals surface area contributed by atoms with Crippen molar-refractivity contribution >= 4 is 27.5 Å². The third-order valence-electron chi connectivity index (χ3n) is 3.28. The lowest BCUT2D eigenvalue weighted by Gasteiger charge is -2.15. The Labute approximate surface area is 124 Å². The van der Waals surface area contributed by atoms with E-state index >= 15 is 0 Å². The van der Waals surface area contributed by atoms with Crippen molar-refractivity contribution in [3.05, 3.63) is 34.9 Å². The summed E-state index contributed by atoms with van der Waals surface area (Å²) in [4.78, 5) is 12.9. The first-order valence-corrected chi connectivity index (χ1v) is 8.39. The van der Waals surface area contributed by atoms with Crippen LogP contribution in [0.4, 0.5) is 0 Å². The average Bonchev–Trinajstić information content (AvgIpc) is 2.79. The molecule has 1 saturated heterocycles. The van der Waals surface area contributed by atoms with E-state index in [9.17, 15) is 13.2 Å². The molecule has 0 aromatic heterocycles. The Morgan fingerprint density at radius 3 is 2.75 bits per heavy atom. The maximum absolute atomic E-state index is 12.1. The smallest absolute Gasteiger partial charge is 0.219 e. The number of hydrogen-bond donors (Lipinski definition) is 1. The van der Waals surface area contributed by atoms with E-state index in [-0.39, 0.29) is 17.7 Å². The predicted molar refractivity (Wildman–Crippen MR) is 77.9 cm³/mol. The Morgan fingerprint density at radius 1 is 1.45 bits per heavy atom.